The fourth-order valence-corrected chi connectivity index (χ4v) is 2.92. The Labute approximate surface area is 164 Å². The number of hydrogen-bond donors (Lipinski definition) is 2. The largest absolute Gasteiger partial charge is 0.333 e. The van der Waals surface area contributed by atoms with Gasteiger partial charge in [0.15, 0.2) is 0 Å². The van der Waals surface area contributed by atoms with Gasteiger partial charge in [0.05, 0.1) is 0 Å². The van der Waals surface area contributed by atoms with Crippen LogP contribution in [0.25, 0.3) is 0 Å². The van der Waals surface area contributed by atoms with Gasteiger partial charge < -0.3 is 11.5 Å². The van der Waals surface area contributed by atoms with Crippen molar-refractivity contribution in [2.24, 2.45) is 11.5 Å². The molecule has 0 spiro atoms. The van der Waals surface area contributed by atoms with Crippen LogP contribution < -0.4 is 11.5 Å². The average Bonchev–Trinajstić information content (AvgIpc) is 2.67. The van der Waals surface area contributed by atoms with Crippen molar-refractivity contribution in [3.05, 3.63) is 34.3 Å². The molecule has 2 nitrogen and oxygen atoms in total. The summed E-state index contributed by atoms with van der Waals surface area (Å²) in [4.78, 5) is 1.55. The minimum absolute atomic E-state index is 0.537. The predicted octanol–water partition coefficient (Wildman–Crippen LogP) is 7.07. The Balaban J connectivity index is -0.000000234. The maximum Gasteiger partial charge on any atom is 0.0248 e. The molecule has 0 fully saturated rings. The van der Waals surface area contributed by atoms with Crippen molar-refractivity contribution in [3.63, 3.8) is 0 Å². The van der Waals surface area contributed by atoms with E-state index in [1.807, 2.05) is 25.6 Å². The Kier molecular flexibility index (Phi) is 33.1. The monoisotopic (exact) mass is 372 g/mol. The van der Waals surface area contributed by atoms with Gasteiger partial charge >= 0.3 is 0 Å². The lowest BCUT2D eigenvalue weighted by molar-refractivity contribution is 0.932. The lowest BCUT2D eigenvalue weighted by atomic mass is 10.1. The molecule has 0 saturated carbocycles. The van der Waals surface area contributed by atoms with Crippen LogP contribution in [0.15, 0.2) is 34.3 Å². The molecule has 0 amide bonds. The molecule has 0 rings (SSSR count). The van der Waals surface area contributed by atoms with Crippen LogP contribution in [0.3, 0.4) is 0 Å². The molecule has 0 radical (unpaired) electrons. The van der Waals surface area contributed by atoms with E-state index in [2.05, 4.69) is 66.9 Å². The summed E-state index contributed by atoms with van der Waals surface area (Å²) >= 11 is 2.00. The van der Waals surface area contributed by atoms with Crippen molar-refractivity contribution >= 4 is 11.8 Å². The minimum Gasteiger partial charge on any atom is -0.333 e. The Morgan fingerprint density at radius 1 is 1.00 bits per heavy atom. The molecular formula is C22H48N2S. The van der Waals surface area contributed by atoms with E-state index in [9.17, 15) is 0 Å². The Morgan fingerprint density at radius 3 is 1.72 bits per heavy atom. The molecule has 0 aliphatic rings. The van der Waals surface area contributed by atoms with Crippen LogP contribution >= 0.6 is 11.8 Å². The summed E-state index contributed by atoms with van der Waals surface area (Å²) in [6.07, 6.45) is 6.79. The molecule has 0 saturated heterocycles. The van der Waals surface area contributed by atoms with Gasteiger partial charge in [0.25, 0.3) is 0 Å². The maximum atomic E-state index is 5.03. The minimum atomic E-state index is 0.537. The molecule has 25 heavy (non-hydrogen) atoms. The average molecular weight is 373 g/mol. The van der Waals surface area contributed by atoms with E-state index in [0.29, 0.717) is 5.25 Å². The summed E-state index contributed by atoms with van der Waals surface area (Å²) in [5.74, 6) is 0. The van der Waals surface area contributed by atoms with Gasteiger partial charge in [-0.25, -0.2) is 0 Å². The molecule has 0 bridgehead atoms. The van der Waals surface area contributed by atoms with Crippen LogP contribution in [0.5, 0.6) is 0 Å². The Bertz CT molecular complexity index is 342. The van der Waals surface area contributed by atoms with Crippen molar-refractivity contribution in [2.45, 2.75) is 93.2 Å². The number of thioether (sulfide) groups is 1. The summed E-state index contributed by atoms with van der Waals surface area (Å²) in [7, 11) is 1.50. The fraction of sp³-hybridized carbons (Fsp3) is 0.727. The lowest BCUT2D eigenvalue weighted by Crippen LogP contribution is -1.96. The molecule has 0 aliphatic heterocycles. The standard InChI is InChI=1S/C16H28S.C3H9N.C2H6.CH5N/c1-8-12(4)14(6)11-15(7)17-16(10-3)13(5)9-2;1-2-3-4;2*1-2/h11,15H,4,8-10H2,1-3,5-7H3;2-4H2,1H3;1-2H3;2H2,1H3/b14-11-,16-13-;;;. The van der Waals surface area contributed by atoms with E-state index in [0.717, 1.165) is 32.2 Å². The van der Waals surface area contributed by atoms with Gasteiger partial charge in [-0.1, -0.05) is 70.9 Å². The zero-order chi connectivity index (χ0) is 20.8. The summed E-state index contributed by atoms with van der Waals surface area (Å²) < 4.78 is 0. The third kappa shape index (κ3) is 21.4. The van der Waals surface area contributed by atoms with Crippen LogP contribution in [-0.4, -0.2) is 18.8 Å². The van der Waals surface area contributed by atoms with Crippen molar-refractivity contribution in [2.75, 3.05) is 13.6 Å². The highest BCUT2D eigenvalue weighted by Gasteiger charge is 2.06. The smallest absolute Gasteiger partial charge is 0.0248 e. The molecule has 1 atom stereocenters. The maximum absolute atomic E-state index is 5.03. The van der Waals surface area contributed by atoms with Crippen molar-refractivity contribution in [3.8, 4) is 0 Å². The van der Waals surface area contributed by atoms with Gasteiger partial charge in [-0.15, -0.1) is 11.8 Å². The molecule has 0 aliphatic carbocycles. The molecule has 0 heterocycles. The second kappa shape index (κ2) is 25.7. The zero-order valence-electron chi connectivity index (χ0n) is 19.0. The third-order valence-electron chi connectivity index (χ3n) is 3.41. The van der Waals surface area contributed by atoms with E-state index in [1.165, 1.54) is 23.8 Å². The van der Waals surface area contributed by atoms with Crippen LogP contribution in [-0.2, 0) is 0 Å². The number of rotatable bonds is 8. The summed E-state index contributed by atoms with van der Waals surface area (Å²) in [5, 5.41) is 0.537. The first kappa shape index (κ1) is 32.2. The van der Waals surface area contributed by atoms with Gasteiger partial charge in [0.2, 0.25) is 0 Å². The molecule has 1 unspecified atom stereocenters. The predicted molar refractivity (Wildman–Crippen MR) is 124 cm³/mol. The van der Waals surface area contributed by atoms with Crippen LogP contribution in [0.2, 0.25) is 0 Å². The van der Waals surface area contributed by atoms with Crippen molar-refractivity contribution in [1.29, 1.82) is 0 Å². The number of allylic oxidation sites excluding steroid dienone is 4. The Morgan fingerprint density at radius 2 is 1.44 bits per heavy atom. The van der Waals surface area contributed by atoms with Gasteiger partial charge in [-0.05, 0) is 65.0 Å². The fourth-order valence-electron chi connectivity index (χ4n) is 1.69. The van der Waals surface area contributed by atoms with E-state index in [1.54, 1.807) is 4.91 Å². The van der Waals surface area contributed by atoms with E-state index < -0.39 is 0 Å². The van der Waals surface area contributed by atoms with Crippen molar-refractivity contribution < 1.29 is 0 Å². The number of nitrogens with two attached hydrogens (primary N) is 2. The van der Waals surface area contributed by atoms with E-state index in [-0.39, 0.29) is 0 Å². The highest BCUT2D eigenvalue weighted by Crippen LogP contribution is 2.30. The summed E-state index contributed by atoms with van der Waals surface area (Å²) in [6.45, 7) is 24.3. The molecule has 0 aromatic rings. The molecule has 0 aromatic carbocycles. The molecular weight excluding hydrogens is 324 g/mol. The van der Waals surface area contributed by atoms with Crippen molar-refractivity contribution in [1.82, 2.24) is 0 Å². The molecule has 152 valence electrons. The highest BCUT2D eigenvalue weighted by molar-refractivity contribution is 8.03. The topological polar surface area (TPSA) is 52.0 Å². The highest BCUT2D eigenvalue weighted by atomic mass is 32.2. The first-order chi connectivity index (χ1) is 11.9. The zero-order valence-corrected chi connectivity index (χ0v) is 19.8. The summed E-state index contributed by atoms with van der Waals surface area (Å²) in [5.41, 5.74) is 13.7. The van der Waals surface area contributed by atoms with Crippen LogP contribution in [0.4, 0.5) is 0 Å². The van der Waals surface area contributed by atoms with Gasteiger partial charge in [-0.3, -0.25) is 0 Å². The third-order valence-corrected chi connectivity index (χ3v) is 4.84. The number of hydrogen-bond acceptors (Lipinski definition) is 3. The second-order valence-corrected chi connectivity index (χ2v) is 6.80. The molecule has 4 N–H and O–H groups in total. The van der Waals surface area contributed by atoms with Crippen LogP contribution in [0, 0.1) is 0 Å². The quantitative estimate of drug-likeness (QED) is 0.448. The van der Waals surface area contributed by atoms with E-state index >= 15 is 0 Å². The van der Waals surface area contributed by atoms with Gasteiger partial charge in [0.1, 0.15) is 0 Å². The first-order valence-corrected chi connectivity index (χ1v) is 10.7. The Hall–Kier alpha value is -0.510. The van der Waals surface area contributed by atoms with Crippen LogP contribution in [0.1, 0.15) is 88.0 Å². The lowest BCUT2D eigenvalue weighted by Gasteiger charge is -2.14. The van der Waals surface area contributed by atoms with Gasteiger partial charge in [-0.2, -0.15) is 0 Å². The van der Waals surface area contributed by atoms with Gasteiger partial charge in [0, 0.05) is 5.25 Å². The molecule has 3 heteroatoms. The normalized spacial score (nSPS) is 12.2. The summed E-state index contributed by atoms with van der Waals surface area (Å²) in [6, 6.07) is 0. The second-order valence-electron chi connectivity index (χ2n) is 5.33. The SMILES string of the molecule is C=C(CC)/C(C)=C\C(C)S/C(CC)=C(/C)CC.CC.CCCN.CN. The first-order valence-electron chi connectivity index (χ1n) is 9.87. The molecule has 0 aromatic heterocycles. The van der Waals surface area contributed by atoms with E-state index in [4.69, 9.17) is 5.73 Å².